The topological polar surface area (TPSA) is 38.3 Å². The van der Waals surface area contributed by atoms with Gasteiger partial charge in [-0.25, -0.2) is 4.39 Å². The third kappa shape index (κ3) is 5.03. The van der Waals surface area contributed by atoms with Gasteiger partial charge in [0, 0.05) is 21.5 Å². The Bertz CT molecular complexity index is 666. The predicted octanol–water partition coefficient (Wildman–Crippen LogP) is 4.47. The van der Waals surface area contributed by atoms with Crippen molar-refractivity contribution in [3.8, 4) is 5.75 Å². The Morgan fingerprint density at radius 1 is 1.32 bits per heavy atom. The molecule has 22 heavy (non-hydrogen) atoms. The fraction of sp³-hybridized carbons (Fsp3) is 0.188. The number of thioether (sulfide) groups is 1. The molecule has 0 unspecified atom stereocenters. The second-order valence-corrected chi connectivity index (χ2v) is 6.41. The van der Waals surface area contributed by atoms with Gasteiger partial charge in [0.1, 0.15) is 11.6 Å². The van der Waals surface area contributed by atoms with Crippen LogP contribution >= 0.6 is 27.7 Å². The molecule has 1 amide bonds. The largest absolute Gasteiger partial charge is 0.496 e. The van der Waals surface area contributed by atoms with Gasteiger partial charge < -0.3 is 10.1 Å². The fourth-order valence-electron chi connectivity index (χ4n) is 1.88. The van der Waals surface area contributed by atoms with Crippen molar-refractivity contribution in [3.05, 3.63) is 58.3 Å². The summed E-state index contributed by atoms with van der Waals surface area (Å²) in [4.78, 5) is 11.8. The maximum atomic E-state index is 13.0. The zero-order valence-corrected chi connectivity index (χ0v) is 14.3. The van der Waals surface area contributed by atoms with Gasteiger partial charge in [-0.15, -0.1) is 11.8 Å². The summed E-state index contributed by atoms with van der Waals surface area (Å²) in [6.45, 7) is 0. The molecule has 0 aliphatic rings. The molecule has 0 aliphatic heterocycles. The van der Waals surface area contributed by atoms with E-state index in [1.54, 1.807) is 19.2 Å². The molecule has 3 nitrogen and oxygen atoms in total. The van der Waals surface area contributed by atoms with E-state index in [1.165, 1.54) is 23.9 Å². The molecule has 0 radical (unpaired) electrons. The summed E-state index contributed by atoms with van der Waals surface area (Å²) in [5.74, 6) is 1.20. The fourth-order valence-corrected chi connectivity index (χ4v) is 3.09. The van der Waals surface area contributed by atoms with Crippen molar-refractivity contribution in [1.82, 2.24) is 0 Å². The summed E-state index contributed by atoms with van der Waals surface area (Å²) < 4.78 is 19.3. The highest BCUT2D eigenvalue weighted by Crippen LogP contribution is 2.26. The smallest absolute Gasteiger partial charge is 0.234 e. The minimum absolute atomic E-state index is 0.162. The summed E-state index contributed by atoms with van der Waals surface area (Å²) >= 11 is 4.89. The van der Waals surface area contributed by atoms with Crippen molar-refractivity contribution in [2.45, 2.75) is 5.75 Å². The molecule has 1 N–H and O–H groups in total. The van der Waals surface area contributed by atoms with Crippen LogP contribution in [-0.2, 0) is 10.5 Å². The molecule has 0 spiro atoms. The molecule has 0 bridgehead atoms. The van der Waals surface area contributed by atoms with Gasteiger partial charge in [-0.3, -0.25) is 4.79 Å². The van der Waals surface area contributed by atoms with Crippen molar-refractivity contribution in [2.24, 2.45) is 0 Å². The van der Waals surface area contributed by atoms with Crippen molar-refractivity contribution in [2.75, 3.05) is 18.2 Å². The van der Waals surface area contributed by atoms with Crippen LogP contribution in [0.25, 0.3) is 0 Å². The van der Waals surface area contributed by atoms with E-state index in [9.17, 15) is 9.18 Å². The van der Waals surface area contributed by atoms with Gasteiger partial charge in [-0.2, -0.15) is 0 Å². The van der Waals surface area contributed by atoms with Crippen LogP contribution in [0.2, 0.25) is 0 Å². The van der Waals surface area contributed by atoms with Gasteiger partial charge in [0.25, 0.3) is 0 Å². The Kier molecular flexibility index (Phi) is 6.27. The lowest BCUT2D eigenvalue weighted by Gasteiger charge is -2.09. The van der Waals surface area contributed by atoms with Crippen LogP contribution in [0.3, 0.4) is 0 Å². The molecule has 0 atom stereocenters. The molecular formula is C16H15BrFNO2S. The Morgan fingerprint density at radius 2 is 2.14 bits per heavy atom. The number of amides is 1. The highest BCUT2D eigenvalue weighted by atomic mass is 79.9. The van der Waals surface area contributed by atoms with Crippen molar-refractivity contribution in [3.63, 3.8) is 0 Å². The normalized spacial score (nSPS) is 10.3. The lowest BCUT2D eigenvalue weighted by atomic mass is 10.2. The number of halogens is 2. The number of methoxy groups -OCH3 is 1. The number of carbonyl (C=O) groups is 1. The van der Waals surface area contributed by atoms with Crippen LogP contribution in [0.5, 0.6) is 5.75 Å². The average Bonchev–Trinajstić information content (AvgIpc) is 2.47. The molecule has 0 heterocycles. The first-order valence-electron chi connectivity index (χ1n) is 6.54. The van der Waals surface area contributed by atoms with E-state index in [-0.39, 0.29) is 17.5 Å². The predicted molar refractivity (Wildman–Crippen MR) is 91.9 cm³/mol. The molecular weight excluding hydrogens is 369 g/mol. The summed E-state index contributed by atoms with van der Waals surface area (Å²) in [5, 5.41) is 2.67. The molecule has 0 saturated heterocycles. The van der Waals surface area contributed by atoms with Crippen molar-refractivity contribution < 1.29 is 13.9 Å². The molecule has 0 aliphatic carbocycles. The first-order valence-corrected chi connectivity index (χ1v) is 8.49. The second kappa shape index (κ2) is 8.19. The monoisotopic (exact) mass is 383 g/mol. The van der Waals surface area contributed by atoms with Crippen LogP contribution in [0.1, 0.15) is 5.56 Å². The van der Waals surface area contributed by atoms with Gasteiger partial charge in [0.15, 0.2) is 0 Å². The first-order chi connectivity index (χ1) is 10.6. The molecule has 0 aromatic heterocycles. The molecule has 2 aromatic carbocycles. The van der Waals surface area contributed by atoms with Crippen LogP contribution in [-0.4, -0.2) is 18.8 Å². The summed E-state index contributed by atoms with van der Waals surface area (Å²) in [6.07, 6.45) is 0. The number of nitrogens with one attached hydrogen (secondary N) is 1. The highest BCUT2D eigenvalue weighted by Gasteiger charge is 2.07. The van der Waals surface area contributed by atoms with Crippen molar-refractivity contribution >= 4 is 39.3 Å². The summed E-state index contributed by atoms with van der Waals surface area (Å²) in [5.41, 5.74) is 1.48. The number of carbonyl (C=O) groups excluding carboxylic acids is 1. The van der Waals surface area contributed by atoms with Gasteiger partial charge >= 0.3 is 0 Å². The third-order valence-corrected chi connectivity index (χ3v) is 4.32. The van der Waals surface area contributed by atoms with E-state index in [0.717, 1.165) is 15.8 Å². The summed E-state index contributed by atoms with van der Waals surface area (Å²) in [6, 6.07) is 11.6. The van der Waals surface area contributed by atoms with E-state index in [4.69, 9.17) is 4.74 Å². The number of ether oxygens (including phenoxy) is 1. The molecule has 0 fully saturated rings. The Balaban J connectivity index is 1.86. The van der Waals surface area contributed by atoms with Crippen LogP contribution in [0, 0.1) is 5.82 Å². The van der Waals surface area contributed by atoms with E-state index in [0.29, 0.717) is 11.4 Å². The maximum Gasteiger partial charge on any atom is 0.234 e. The molecule has 116 valence electrons. The standard InChI is InChI=1S/C16H15BrFNO2S/c1-21-15-6-5-12(17)7-11(15)9-22-10-16(20)19-14-4-2-3-13(18)8-14/h2-8H,9-10H2,1H3,(H,19,20). The minimum Gasteiger partial charge on any atom is -0.496 e. The zero-order valence-electron chi connectivity index (χ0n) is 11.9. The van der Waals surface area contributed by atoms with Gasteiger partial charge in [-0.05, 0) is 36.4 Å². The van der Waals surface area contributed by atoms with Crippen LogP contribution in [0.4, 0.5) is 10.1 Å². The first kappa shape index (κ1) is 16.8. The maximum absolute atomic E-state index is 13.0. The number of anilines is 1. The van der Waals surface area contributed by atoms with E-state index >= 15 is 0 Å². The molecule has 0 saturated carbocycles. The number of hydrogen-bond acceptors (Lipinski definition) is 3. The van der Waals surface area contributed by atoms with E-state index in [2.05, 4.69) is 21.2 Å². The van der Waals surface area contributed by atoms with Crippen LogP contribution < -0.4 is 10.1 Å². The Morgan fingerprint density at radius 3 is 2.86 bits per heavy atom. The van der Waals surface area contributed by atoms with E-state index < -0.39 is 0 Å². The lowest BCUT2D eigenvalue weighted by Crippen LogP contribution is -2.14. The third-order valence-electron chi connectivity index (χ3n) is 2.84. The Hall–Kier alpha value is -1.53. The number of hydrogen-bond donors (Lipinski definition) is 1. The summed E-state index contributed by atoms with van der Waals surface area (Å²) in [7, 11) is 1.62. The number of benzene rings is 2. The average molecular weight is 384 g/mol. The SMILES string of the molecule is COc1ccc(Br)cc1CSCC(=O)Nc1cccc(F)c1. The Labute approximate surface area is 141 Å². The quantitative estimate of drug-likeness (QED) is 0.799. The molecule has 6 heteroatoms. The van der Waals surface area contributed by atoms with Gasteiger partial charge in [0.05, 0.1) is 12.9 Å². The highest BCUT2D eigenvalue weighted by molar-refractivity contribution is 9.10. The number of rotatable bonds is 6. The van der Waals surface area contributed by atoms with Gasteiger partial charge in [-0.1, -0.05) is 22.0 Å². The molecule has 2 rings (SSSR count). The second-order valence-electron chi connectivity index (χ2n) is 4.51. The molecule has 2 aromatic rings. The lowest BCUT2D eigenvalue weighted by molar-refractivity contribution is -0.113. The minimum atomic E-state index is -0.371. The van der Waals surface area contributed by atoms with Crippen LogP contribution in [0.15, 0.2) is 46.9 Å². The van der Waals surface area contributed by atoms with Gasteiger partial charge in [0.2, 0.25) is 5.91 Å². The van der Waals surface area contributed by atoms with E-state index in [1.807, 2.05) is 18.2 Å². The zero-order chi connectivity index (χ0) is 15.9. The van der Waals surface area contributed by atoms with Crippen molar-refractivity contribution in [1.29, 1.82) is 0 Å².